The third-order valence-electron chi connectivity index (χ3n) is 2.70. The number of carboxylic acid groups (broad SMARTS) is 1. The van der Waals surface area contributed by atoms with Crippen LogP contribution in [0.2, 0.25) is 0 Å². The third kappa shape index (κ3) is 3.75. The fourth-order valence-corrected chi connectivity index (χ4v) is 1.64. The molecule has 0 saturated heterocycles. The minimum atomic E-state index is -1.13. The van der Waals surface area contributed by atoms with Crippen molar-refractivity contribution in [2.45, 2.75) is 12.8 Å². The maximum absolute atomic E-state index is 11.6. The summed E-state index contributed by atoms with van der Waals surface area (Å²) in [6, 6.07) is 6.85. The SMILES string of the molecule is C=CCCC(=O)Nc1ccc(-n2cc(C(=O)O)nn2)cc1. The number of hydrogen-bond donors (Lipinski definition) is 2. The molecule has 0 atom stereocenters. The summed E-state index contributed by atoms with van der Waals surface area (Å²) in [6.45, 7) is 3.56. The Labute approximate surface area is 120 Å². The van der Waals surface area contributed by atoms with Gasteiger partial charge in [0.05, 0.1) is 11.9 Å². The average Bonchev–Trinajstić information content (AvgIpc) is 2.96. The summed E-state index contributed by atoms with van der Waals surface area (Å²) in [5.41, 5.74) is 1.18. The summed E-state index contributed by atoms with van der Waals surface area (Å²) in [7, 11) is 0. The molecule has 7 heteroatoms. The topological polar surface area (TPSA) is 97.1 Å². The molecule has 108 valence electrons. The molecule has 0 unspecified atom stereocenters. The third-order valence-corrected chi connectivity index (χ3v) is 2.70. The summed E-state index contributed by atoms with van der Waals surface area (Å²) in [6.07, 6.45) is 4.02. The molecular weight excluding hydrogens is 272 g/mol. The highest BCUT2D eigenvalue weighted by Crippen LogP contribution is 2.13. The van der Waals surface area contributed by atoms with E-state index in [2.05, 4.69) is 22.2 Å². The van der Waals surface area contributed by atoms with E-state index >= 15 is 0 Å². The van der Waals surface area contributed by atoms with Gasteiger partial charge in [0.15, 0.2) is 5.69 Å². The molecule has 0 aliphatic rings. The Morgan fingerprint density at radius 2 is 2.05 bits per heavy atom. The van der Waals surface area contributed by atoms with Gasteiger partial charge < -0.3 is 10.4 Å². The lowest BCUT2D eigenvalue weighted by atomic mass is 10.2. The molecule has 1 aromatic heterocycles. The van der Waals surface area contributed by atoms with Crippen molar-refractivity contribution in [2.24, 2.45) is 0 Å². The molecule has 0 aliphatic heterocycles. The van der Waals surface area contributed by atoms with Crippen molar-refractivity contribution in [1.29, 1.82) is 0 Å². The summed E-state index contributed by atoms with van der Waals surface area (Å²) in [5.74, 6) is -1.22. The van der Waals surface area contributed by atoms with Gasteiger partial charge in [-0.2, -0.15) is 0 Å². The second-order valence-corrected chi connectivity index (χ2v) is 4.28. The van der Waals surface area contributed by atoms with Crippen LogP contribution in [-0.2, 0) is 4.79 Å². The van der Waals surface area contributed by atoms with Gasteiger partial charge in [0.25, 0.3) is 0 Å². The van der Waals surface area contributed by atoms with Crippen molar-refractivity contribution in [3.63, 3.8) is 0 Å². The van der Waals surface area contributed by atoms with E-state index in [1.165, 1.54) is 10.9 Å². The van der Waals surface area contributed by atoms with E-state index in [4.69, 9.17) is 5.11 Å². The van der Waals surface area contributed by atoms with Crippen LogP contribution < -0.4 is 5.32 Å². The number of nitrogens with one attached hydrogen (secondary N) is 1. The molecular formula is C14H14N4O3. The first-order valence-corrected chi connectivity index (χ1v) is 6.27. The molecule has 1 aromatic carbocycles. The number of carboxylic acids is 1. The molecule has 21 heavy (non-hydrogen) atoms. The van der Waals surface area contributed by atoms with E-state index < -0.39 is 5.97 Å². The molecule has 2 aromatic rings. The number of allylic oxidation sites excluding steroid dienone is 1. The van der Waals surface area contributed by atoms with Crippen LogP contribution in [-0.4, -0.2) is 32.0 Å². The van der Waals surface area contributed by atoms with E-state index in [9.17, 15) is 9.59 Å². The molecule has 2 N–H and O–H groups in total. The van der Waals surface area contributed by atoms with E-state index in [1.807, 2.05) is 0 Å². The minimum absolute atomic E-state index is 0.0865. The van der Waals surface area contributed by atoms with E-state index in [0.29, 0.717) is 24.2 Å². The summed E-state index contributed by atoms with van der Waals surface area (Å²) < 4.78 is 1.35. The van der Waals surface area contributed by atoms with Crippen LogP contribution in [0.4, 0.5) is 5.69 Å². The van der Waals surface area contributed by atoms with Crippen LogP contribution in [0.3, 0.4) is 0 Å². The average molecular weight is 286 g/mol. The number of amides is 1. The number of nitrogens with zero attached hydrogens (tertiary/aromatic N) is 3. The number of hydrogen-bond acceptors (Lipinski definition) is 4. The Morgan fingerprint density at radius 3 is 2.62 bits per heavy atom. The van der Waals surface area contributed by atoms with Gasteiger partial charge in [-0.15, -0.1) is 11.7 Å². The number of carbonyl (C=O) groups excluding carboxylic acids is 1. The molecule has 0 spiro atoms. The van der Waals surface area contributed by atoms with Crippen molar-refractivity contribution < 1.29 is 14.7 Å². The Kier molecular flexibility index (Phi) is 4.45. The van der Waals surface area contributed by atoms with Crippen LogP contribution in [0.25, 0.3) is 5.69 Å². The van der Waals surface area contributed by atoms with Gasteiger partial charge in [-0.3, -0.25) is 4.79 Å². The van der Waals surface area contributed by atoms with Crippen molar-refractivity contribution in [3.05, 3.63) is 48.8 Å². The zero-order valence-corrected chi connectivity index (χ0v) is 11.2. The fourth-order valence-electron chi connectivity index (χ4n) is 1.64. The summed E-state index contributed by atoms with van der Waals surface area (Å²) in [4.78, 5) is 22.3. The Morgan fingerprint density at radius 1 is 1.33 bits per heavy atom. The van der Waals surface area contributed by atoms with Crippen LogP contribution in [0.5, 0.6) is 0 Å². The van der Waals surface area contributed by atoms with E-state index in [1.54, 1.807) is 30.3 Å². The van der Waals surface area contributed by atoms with Crippen molar-refractivity contribution in [2.75, 3.05) is 5.32 Å². The minimum Gasteiger partial charge on any atom is -0.476 e. The summed E-state index contributed by atoms with van der Waals surface area (Å²) >= 11 is 0. The zero-order valence-electron chi connectivity index (χ0n) is 11.2. The molecule has 0 fully saturated rings. The lowest BCUT2D eigenvalue weighted by Gasteiger charge is -2.05. The second-order valence-electron chi connectivity index (χ2n) is 4.28. The predicted molar refractivity (Wildman–Crippen MR) is 76.4 cm³/mol. The lowest BCUT2D eigenvalue weighted by molar-refractivity contribution is -0.116. The Hall–Kier alpha value is -2.96. The zero-order chi connectivity index (χ0) is 15.2. The first kappa shape index (κ1) is 14.4. The van der Waals surface area contributed by atoms with Gasteiger partial charge in [0.1, 0.15) is 0 Å². The maximum atomic E-state index is 11.6. The second kappa shape index (κ2) is 6.47. The predicted octanol–water partition coefficient (Wildman–Crippen LogP) is 1.87. The van der Waals surface area contributed by atoms with Gasteiger partial charge in [0.2, 0.25) is 5.91 Å². The van der Waals surface area contributed by atoms with Gasteiger partial charge in [-0.1, -0.05) is 11.3 Å². The van der Waals surface area contributed by atoms with Gasteiger partial charge in [-0.25, -0.2) is 9.48 Å². The molecule has 0 saturated carbocycles. The van der Waals surface area contributed by atoms with Crippen molar-refractivity contribution in [1.82, 2.24) is 15.0 Å². The molecule has 2 rings (SSSR count). The number of aromatic carboxylic acids is 1. The Bertz CT molecular complexity index is 661. The van der Waals surface area contributed by atoms with Gasteiger partial charge >= 0.3 is 5.97 Å². The fraction of sp³-hybridized carbons (Fsp3) is 0.143. The molecule has 0 bridgehead atoms. The lowest BCUT2D eigenvalue weighted by Crippen LogP contribution is -2.10. The smallest absolute Gasteiger partial charge is 0.358 e. The highest BCUT2D eigenvalue weighted by Gasteiger charge is 2.09. The van der Waals surface area contributed by atoms with Crippen molar-refractivity contribution in [3.8, 4) is 5.69 Å². The highest BCUT2D eigenvalue weighted by molar-refractivity contribution is 5.90. The summed E-state index contributed by atoms with van der Waals surface area (Å²) in [5, 5.41) is 18.8. The van der Waals surface area contributed by atoms with Gasteiger partial charge in [-0.05, 0) is 30.7 Å². The van der Waals surface area contributed by atoms with Crippen LogP contribution in [0.1, 0.15) is 23.3 Å². The maximum Gasteiger partial charge on any atom is 0.358 e. The largest absolute Gasteiger partial charge is 0.476 e. The number of anilines is 1. The standard InChI is InChI=1S/C14H14N4O3/c1-2-3-4-13(19)15-10-5-7-11(8-6-10)18-9-12(14(20)21)16-17-18/h2,5-9H,1,3-4H2,(H,15,19)(H,20,21). The highest BCUT2D eigenvalue weighted by atomic mass is 16.4. The van der Waals surface area contributed by atoms with Crippen LogP contribution in [0.15, 0.2) is 43.1 Å². The normalized spacial score (nSPS) is 10.1. The number of carbonyl (C=O) groups is 2. The first-order chi connectivity index (χ1) is 10.1. The van der Waals surface area contributed by atoms with Crippen LogP contribution >= 0.6 is 0 Å². The Balaban J connectivity index is 2.05. The molecule has 1 amide bonds. The number of aromatic nitrogens is 3. The monoisotopic (exact) mass is 286 g/mol. The van der Waals surface area contributed by atoms with Gasteiger partial charge in [0, 0.05) is 12.1 Å². The molecule has 0 radical (unpaired) electrons. The van der Waals surface area contributed by atoms with E-state index in [-0.39, 0.29) is 11.6 Å². The first-order valence-electron chi connectivity index (χ1n) is 6.27. The number of rotatable bonds is 6. The number of benzene rings is 1. The van der Waals surface area contributed by atoms with Crippen LogP contribution in [0, 0.1) is 0 Å². The molecule has 1 heterocycles. The molecule has 7 nitrogen and oxygen atoms in total. The quantitative estimate of drug-likeness (QED) is 0.790. The van der Waals surface area contributed by atoms with E-state index in [0.717, 1.165) is 0 Å². The molecule has 0 aliphatic carbocycles. The van der Waals surface area contributed by atoms with Crippen molar-refractivity contribution >= 4 is 17.6 Å².